The van der Waals surface area contributed by atoms with E-state index in [1.807, 2.05) is 32.0 Å². The first-order valence-corrected chi connectivity index (χ1v) is 8.00. The molecule has 1 saturated heterocycles. The number of aryl methyl sites for hydroxylation is 2. The molecule has 1 aliphatic heterocycles. The van der Waals surface area contributed by atoms with Gasteiger partial charge in [-0.1, -0.05) is 6.07 Å². The van der Waals surface area contributed by atoms with Crippen molar-refractivity contribution in [1.29, 1.82) is 0 Å². The minimum atomic E-state index is -0.311. The van der Waals surface area contributed by atoms with Gasteiger partial charge in [0.15, 0.2) is 0 Å². The highest BCUT2D eigenvalue weighted by Gasteiger charge is 2.34. The number of hydrogen-bond donors (Lipinski definition) is 2. The van der Waals surface area contributed by atoms with E-state index in [0.717, 1.165) is 22.6 Å². The highest BCUT2D eigenvalue weighted by atomic mass is 16.2. The Labute approximate surface area is 140 Å². The zero-order valence-corrected chi connectivity index (χ0v) is 13.9. The van der Waals surface area contributed by atoms with Crippen molar-refractivity contribution in [2.75, 3.05) is 6.54 Å². The SMILES string of the molecule is Cc1n[nH]c(C)c1CNC(=O)[C@H]1CC(=O)N(Cc2ccccn2)C1. The van der Waals surface area contributed by atoms with Crippen molar-refractivity contribution in [1.82, 2.24) is 25.4 Å². The molecule has 0 saturated carbocycles. The van der Waals surface area contributed by atoms with Gasteiger partial charge in [0.2, 0.25) is 11.8 Å². The molecule has 24 heavy (non-hydrogen) atoms. The highest BCUT2D eigenvalue weighted by Crippen LogP contribution is 2.20. The van der Waals surface area contributed by atoms with Crippen LogP contribution in [0.15, 0.2) is 24.4 Å². The number of amides is 2. The van der Waals surface area contributed by atoms with Crippen LogP contribution >= 0.6 is 0 Å². The Hall–Kier alpha value is -2.70. The summed E-state index contributed by atoms with van der Waals surface area (Å²) >= 11 is 0. The topological polar surface area (TPSA) is 91.0 Å². The van der Waals surface area contributed by atoms with E-state index in [-0.39, 0.29) is 24.2 Å². The molecule has 2 N–H and O–H groups in total. The Morgan fingerprint density at radius 1 is 1.42 bits per heavy atom. The number of likely N-dealkylation sites (tertiary alicyclic amines) is 1. The minimum Gasteiger partial charge on any atom is -0.352 e. The lowest BCUT2D eigenvalue weighted by Crippen LogP contribution is -2.32. The molecule has 1 aliphatic rings. The monoisotopic (exact) mass is 327 g/mol. The fourth-order valence-electron chi connectivity index (χ4n) is 2.94. The quantitative estimate of drug-likeness (QED) is 0.860. The van der Waals surface area contributed by atoms with Gasteiger partial charge in [-0.05, 0) is 26.0 Å². The van der Waals surface area contributed by atoms with Crippen LogP contribution in [0.5, 0.6) is 0 Å². The van der Waals surface area contributed by atoms with Gasteiger partial charge in [-0.3, -0.25) is 19.7 Å². The van der Waals surface area contributed by atoms with Gasteiger partial charge in [0.25, 0.3) is 0 Å². The summed E-state index contributed by atoms with van der Waals surface area (Å²) in [5.41, 5.74) is 3.66. The van der Waals surface area contributed by atoms with Gasteiger partial charge < -0.3 is 10.2 Å². The Bertz CT molecular complexity index is 721. The van der Waals surface area contributed by atoms with E-state index in [1.165, 1.54) is 0 Å². The summed E-state index contributed by atoms with van der Waals surface area (Å²) in [6.07, 6.45) is 1.96. The molecule has 7 heteroatoms. The van der Waals surface area contributed by atoms with Crippen molar-refractivity contribution in [2.24, 2.45) is 5.92 Å². The first-order valence-electron chi connectivity index (χ1n) is 8.00. The number of nitrogens with zero attached hydrogens (tertiary/aromatic N) is 3. The normalized spacial score (nSPS) is 17.3. The Balaban J connectivity index is 1.56. The van der Waals surface area contributed by atoms with Crippen molar-refractivity contribution >= 4 is 11.8 Å². The third-order valence-electron chi connectivity index (χ3n) is 4.38. The number of carbonyl (C=O) groups excluding carboxylic acids is 2. The maximum atomic E-state index is 12.4. The van der Waals surface area contributed by atoms with E-state index in [9.17, 15) is 9.59 Å². The van der Waals surface area contributed by atoms with Crippen LogP contribution in [-0.4, -0.2) is 38.4 Å². The van der Waals surface area contributed by atoms with Gasteiger partial charge in [-0.25, -0.2) is 0 Å². The average Bonchev–Trinajstić information content (AvgIpc) is 3.09. The van der Waals surface area contributed by atoms with Crippen molar-refractivity contribution in [3.63, 3.8) is 0 Å². The number of hydrogen-bond acceptors (Lipinski definition) is 4. The van der Waals surface area contributed by atoms with Crippen LogP contribution in [0.1, 0.15) is 29.1 Å². The number of pyridine rings is 1. The molecule has 1 atom stereocenters. The van der Waals surface area contributed by atoms with Gasteiger partial charge in [0, 0.05) is 37.0 Å². The molecular formula is C17H21N5O2. The number of aromatic nitrogens is 3. The maximum absolute atomic E-state index is 12.4. The molecule has 2 aromatic rings. The molecule has 3 heterocycles. The van der Waals surface area contributed by atoms with Gasteiger partial charge in [-0.15, -0.1) is 0 Å². The summed E-state index contributed by atoms with van der Waals surface area (Å²) in [6.45, 7) is 5.14. The smallest absolute Gasteiger partial charge is 0.225 e. The summed E-state index contributed by atoms with van der Waals surface area (Å²) in [5.74, 6) is -0.405. The zero-order chi connectivity index (χ0) is 17.1. The van der Waals surface area contributed by atoms with E-state index in [4.69, 9.17) is 0 Å². The number of carbonyl (C=O) groups is 2. The standard InChI is InChI=1S/C17H21N5O2/c1-11-15(12(2)21-20-11)8-19-17(24)13-7-16(23)22(9-13)10-14-5-3-4-6-18-14/h3-6,13H,7-10H2,1-2H3,(H,19,24)(H,20,21)/t13-/m0/s1. The Morgan fingerprint density at radius 2 is 2.25 bits per heavy atom. The molecule has 126 valence electrons. The second-order valence-electron chi connectivity index (χ2n) is 6.13. The van der Waals surface area contributed by atoms with Crippen LogP contribution in [0.4, 0.5) is 0 Å². The summed E-state index contributed by atoms with van der Waals surface area (Å²) < 4.78 is 0. The van der Waals surface area contributed by atoms with Crippen molar-refractivity contribution in [2.45, 2.75) is 33.4 Å². The molecule has 0 unspecified atom stereocenters. The zero-order valence-electron chi connectivity index (χ0n) is 13.9. The van der Waals surface area contributed by atoms with Crippen molar-refractivity contribution in [3.8, 4) is 0 Å². The highest BCUT2D eigenvalue weighted by molar-refractivity contribution is 5.89. The van der Waals surface area contributed by atoms with E-state index in [1.54, 1.807) is 11.1 Å². The Kier molecular flexibility index (Phi) is 4.59. The predicted molar refractivity (Wildman–Crippen MR) is 87.7 cm³/mol. The molecule has 0 bridgehead atoms. The van der Waals surface area contributed by atoms with E-state index < -0.39 is 0 Å². The molecule has 0 aromatic carbocycles. The average molecular weight is 327 g/mol. The molecule has 0 aliphatic carbocycles. The number of rotatable bonds is 5. The lowest BCUT2D eigenvalue weighted by Gasteiger charge is -2.16. The summed E-state index contributed by atoms with van der Waals surface area (Å²) in [4.78, 5) is 30.4. The van der Waals surface area contributed by atoms with Gasteiger partial charge in [0.05, 0.1) is 23.9 Å². The number of H-pyrrole nitrogens is 1. The molecule has 7 nitrogen and oxygen atoms in total. The molecule has 1 fully saturated rings. The lowest BCUT2D eigenvalue weighted by molar-refractivity contribution is -0.129. The number of aromatic amines is 1. The molecule has 2 aromatic heterocycles. The summed E-state index contributed by atoms with van der Waals surface area (Å²) in [7, 11) is 0. The molecular weight excluding hydrogens is 306 g/mol. The Morgan fingerprint density at radius 3 is 2.92 bits per heavy atom. The second kappa shape index (κ2) is 6.82. The largest absolute Gasteiger partial charge is 0.352 e. The van der Waals surface area contributed by atoms with Crippen LogP contribution in [0.2, 0.25) is 0 Å². The first-order chi connectivity index (χ1) is 11.5. The van der Waals surface area contributed by atoms with E-state index in [2.05, 4.69) is 20.5 Å². The lowest BCUT2D eigenvalue weighted by atomic mass is 10.1. The fourth-order valence-corrected chi connectivity index (χ4v) is 2.94. The predicted octanol–water partition coefficient (Wildman–Crippen LogP) is 1.09. The van der Waals surface area contributed by atoms with Crippen LogP contribution < -0.4 is 5.32 Å². The summed E-state index contributed by atoms with van der Waals surface area (Å²) in [6, 6.07) is 5.61. The van der Waals surface area contributed by atoms with Crippen LogP contribution in [0.25, 0.3) is 0 Å². The van der Waals surface area contributed by atoms with E-state index in [0.29, 0.717) is 19.6 Å². The maximum Gasteiger partial charge on any atom is 0.225 e. The van der Waals surface area contributed by atoms with Crippen LogP contribution in [-0.2, 0) is 22.7 Å². The molecule has 3 rings (SSSR count). The van der Waals surface area contributed by atoms with Crippen LogP contribution in [0, 0.1) is 19.8 Å². The van der Waals surface area contributed by atoms with Gasteiger partial charge >= 0.3 is 0 Å². The molecule has 0 radical (unpaired) electrons. The second-order valence-corrected chi connectivity index (χ2v) is 6.13. The van der Waals surface area contributed by atoms with Gasteiger partial charge in [0.1, 0.15) is 0 Å². The van der Waals surface area contributed by atoms with E-state index >= 15 is 0 Å². The van der Waals surface area contributed by atoms with Crippen molar-refractivity contribution < 1.29 is 9.59 Å². The van der Waals surface area contributed by atoms with Gasteiger partial charge in [-0.2, -0.15) is 5.10 Å². The number of nitrogens with one attached hydrogen (secondary N) is 2. The third kappa shape index (κ3) is 3.45. The van der Waals surface area contributed by atoms with Crippen LogP contribution in [0.3, 0.4) is 0 Å². The van der Waals surface area contributed by atoms with Crippen molar-refractivity contribution in [3.05, 3.63) is 47.0 Å². The minimum absolute atomic E-state index is 0.00326. The first kappa shape index (κ1) is 16.2. The fraction of sp³-hybridized carbons (Fsp3) is 0.412. The third-order valence-corrected chi connectivity index (χ3v) is 4.38. The molecule has 0 spiro atoms. The molecule has 2 amide bonds. The summed E-state index contributed by atoms with van der Waals surface area (Å²) in [5, 5.41) is 9.94.